The molecule has 33 heavy (non-hydrogen) atoms. The van der Waals surface area contributed by atoms with Gasteiger partial charge in [0.1, 0.15) is 5.70 Å². The van der Waals surface area contributed by atoms with Crippen LogP contribution in [0.1, 0.15) is 57.9 Å². The van der Waals surface area contributed by atoms with E-state index in [0.29, 0.717) is 41.2 Å². The highest BCUT2D eigenvalue weighted by Crippen LogP contribution is 2.28. The molecule has 2 aromatic rings. The molecule has 0 spiro atoms. The molecule has 2 aromatic heterocycles. The van der Waals surface area contributed by atoms with Gasteiger partial charge in [0.15, 0.2) is 5.65 Å². The van der Waals surface area contributed by atoms with Crippen LogP contribution in [0.25, 0.3) is 11.7 Å². The number of imide groups is 1. The standard InChI is InChI=1S/C22H31N9O2/c1-3-30(4-2)16-9-7-14(8-10-16)24-20-27-18-13(11-17-19(32)28-22(33)26-17)12-23-31(18)21(29-20)25-15-5-6-15/h11-12,14-16H,3-10H2,1-2H3,(H2,24,25,27,29)(H2,26,28,32,33)/b17-11-. The fourth-order valence-electron chi connectivity index (χ4n) is 4.71. The number of anilines is 2. The lowest BCUT2D eigenvalue weighted by Gasteiger charge is -2.36. The van der Waals surface area contributed by atoms with E-state index in [1.54, 1.807) is 16.8 Å². The Kier molecular flexibility index (Phi) is 5.88. The number of rotatable bonds is 8. The lowest BCUT2D eigenvalue weighted by molar-refractivity contribution is -0.115. The van der Waals surface area contributed by atoms with Gasteiger partial charge >= 0.3 is 6.03 Å². The summed E-state index contributed by atoms with van der Waals surface area (Å²) in [5.74, 6) is 0.719. The highest BCUT2D eigenvalue weighted by Gasteiger charge is 2.28. The maximum absolute atomic E-state index is 12.0. The third-order valence-corrected chi connectivity index (χ3v) is 6.68. The van der Waals surface area contributed by atoms with E-state index in [-0.39, 0.29) is 5.70 Å². The minimum absolute atomic E-state index is 0.175. The molecule has 4 N–H and O–H groups in total. The topological polar surface area (TPSA) is 129 Å². The third-order valence-electron chi connectivity index (χ3n) is 6.68. The second-order valence-electron chi connectivity index (χ2n) is 8.96. The number of hydrogen-bond acceptors (Lipinski definition) is 8. The van der Waals surface area contributed by atoms with E-state index in [2.05, 4.69) is 45.1 Å². The van der Waals surface area contributed by atoms with Crippen molar-refractivity contribution in [2.24, 2.45) is 0 Å². The predicted molar refractivity (Wildman–Crippen MR) is 125 cm³/mol. The van der Waals surface area contributed by atoms with Crippen LogP contribution < -0.4 is 21.3 Å². The Hall–Kier alpha value is -3.21. The summed E-state index contributed by atoms with van der Waals surface area (Å²) in [5, 5.41) is 16.1. The summed E-state index contributed by atoms with van der Waals surface area (Å²) >= 11 is 0. The third kappa shape index (κ3) is 4.63. The smallest absolute Gasteiger partial charge is 0.326 e. The number of carbonyl (C=O) groups excluding carboxylic acids is 2. The van der Waals surface area contributed by atoms with Gasteiger partial charge in [0.25, 0.3) is 5.91 Å². The van der Waals surface area contributed by atoms with E-state index in [4.69, 9.17) is 9.97 Å². The Morgan fingerprint density at radius 3 is 2.36 bits per heavy atom. The fourth-order valence-corrected chi connectivity index (χ4v) is 4.71. The highest BCUT2D eigenvalue weighted by atomic mass is 16.2. The zero-order valence-electron chi connectivity index (χ0n) is 19.1. The maximum atomic E-state index is 12.0. The molecule has 0 radical (unpaired) electrons. The lowest BCUT2D eigenvalue weighted by Crippen LogP contribution is -2.40. The number of nitrogens with one attached hydrogen (secondary N) is 4. The molecule has 0 aromatic carbocycles. The largest absolute Gasteiger partial charge is 0.351 e. The molecule has 176 valence electrons. The molecule has 0 atom stereocenters. The first-order valence-corrected chi connectivity index (χ1v) is 11.9. The molecular weight excluding hydrogens is 422 g/mol. The summed E-state index contributed by atoms with van der Waals surface area (Å²) in [4.78, 5) is 35.4. The Balaban J connectivity index is 1.39. The fraction of sp³-hybridized carbons (Fsp3) is 0.591. The molecule has 0 unspecified atom stereocenters. The minimum Gasteiger partial charge on any atom is -0.351 e. The van der Waals surface area contributed by atoms with Crippen LogP contribution in [-0.4, -0.2) is 67.6 Å². The van der Waals surface area contributed by atoms with Crippen molar-refractivity contribution in [1.82, 2.24) is 35.1 Å². The molecule has 11 heteroatoms. The van der Waals surface area contributed by atoms with E-state index < -0.39 is 11.9 Å². The van der Waals surface area contributed by atoms with Crippen LogP contribution in [0.5, 0.6) is 0 Å². The number of fused-ring (bicyclic) bond motifs is 1. The number of amides is 3. The van der Waals surface area contributed by atoms with Gasteiger partial charge in [-0.2, -0.15) is 19.6 Å². The Bertz CT molecular complexity index is 1080. The average Bonchev–Trinajstić information content (AvgIpc) is 3.44. The van der Waals surface area contributed by atoms with Gasteiger partial charge in [-0.05, 0) is 57.7 Å². The number of carbonyl (C=O) groups is 2. The first kappa shape index (κ1) is 21.6. The van der Waals surface area contributed by atoms with Crippen LogP contribution in [0.4, 0.5) is 16.7 Å². The molecule has 5 rings (SSSR count). The number of urea groups is 1. The van der Waals surface area contributed by atoms with Crippen molar-refractivity contribution in [1.29, 1.82) is 0 Å². The number of aromatic nitrogens is 4. The van der Waals surface area contributed by atoms with Crippen molar-refractivity contribution < 1.29 is 9.59 Å². The SMILES string of the molecule is CCN(CC)C1CCC(Nc2nc(NC3CC3)n3ncc(/C=C4\NC(=O)NC4=O)c3n2)CC1. The second-order valence-corrected chi connectivity index (χ2v) is 8.96. The van der Waals surface area contributed by atoms with Gasteiger partial charge < -0.3 is 20.9 Å². The molecule has 3 aliphatic rings. The molecule has 1 aliphatic heterocycles. The number of hydrogen-bond donors (Lipinski definition) is 4. The molecule has 2 aliphatic carbocycles. The van der Waals surface area contributed by atoms with Crippen molar-refractivity contribution in [3.05, 3.63) is 17.5 Å². The molecule has 0 bridgehead atoms. The molecule has 3 heterocycles. The van der Waals surface area contributed by atoms with Gasteiger partial charge in [0.2, 0.25) is 11.9 Å². The highest BCUT2D eigenvalue weighted by molar-refractivity contribution is 6.14. The summed E-state index contributed by atoms with van der Waals surface area (Å²) in [7, 11) is 0. The predicted octanol–water partition coefficient (Wildman–Crippen LogP) is 1.94. The lowest BCUT2D eigenvalue weighted by atomic mass is 9.90. The van der Waals surface area contributed by atoms with E-state index in [1.807, 2.05) is 0 Å². The zero-order chi connectivity index (χ0) is 22.9. The van der Waals surface area contributed by atoms with Crippen LogP contribution >= 0.6 is 0 Å². The molecular formula is C22H31N9O2. The van der Waals surface area contributed by atoms with Crippen LogP contribution in [0.2, 0.25) is 0 Å². The summed E-state index contributed by atoms with van der Waals surface area (Å²) in [6.07, 6.45) is 9.90. The molecule has 11 nitrogen and oxygen atoms in total. The average molecular weight is 454 g/mol. The van der Waals surface area contributed by atoms with E-state index in [0.717, 1.165) is 51.6 Å². The quantitative estimate of drug-likeness (QED) is 0.353. The summed E-state index contributed by atoms with van der Waals surface area (Å²) in [6.45, 7) is 6.63. The minimum atomic E-state index is -0.531. The number of nitrogens with zero attached hydrogens (tertiary/aromatic N) is 5. The normalized spacial score (nSPS) is 24.4. The summed E-state index contributed by atoms with van der Waals surface area (Å²) in [5.41, 5.74) is 1.39. The Labute approximate surface area is 192 Å². The van der Waals surface area contributed by atoms with Crippen molar-refractivity contribution in [2.45, 2.75) is 70.5 Å². The first-order valence-electron chi connectivity index (χ1n) is 11.9. The van der Waals surface area contributed by atoms with Gasteiger partial charge in [-0.25, -0.2) is 4.79 Å². The second kappa shape index (κ2) is 8.97. The zero-order valence-corrected chi connectivity index (χ0v) is 19.1. The Morgan fingerprint density at radius 1 is 1.03 bits per heavy atom. The summed E-state index contributed by atoms with van der Waals surface area (Å²) in [6, 6.07) is 0.828. The molecule has 1 saturated heterocycles. The van der Waals surface area contributed by atoms with Gasteiger partial charge in [0.05, 0.1) is 6.20 Å². The van der Waals surface area contributed by atoms with E-state index in [9.17, 15) is 9.59 Å². The molecule has 3 amide bonds. The van der Waals surface area contributed by atoms with Gasteiger partial charge in [-0.3, -0.25) is 10.1 Å². The first-order chi connectivity index (χ1) is 16.0. The Morgan fingerprint density at radius 2 is 1.73 bits per heavy atom. The van der Waals surface area contributed by atoms with Crippen molar-refractivity contribution in [3.8, 4) is 0 Å². The van der Waals surface area contributed by atoms with Crippen LogP contribution in [-0.2, 0) is 4.79 Å². The monoisotopic (exact) mass is 453 g/mol. The van der Waals surface area contributed by atoms with E-state index >= 15 is 0 Å². The summed E-state index contributed by atoms with van der Waals surface area (Å²) < 4.78 is 1.65. The van der Waals surface area contributed by atoms with Crippen molar-refractivity contribution >= 4 is 35.6 Å². The van der Waals surface area contributed by atoms with Crippen LogP contribution in [0.15, 0.2) is 11.9 Å². The molecule has 2 saturated carbocycles. The van der Waals surface area contributed by atoms with E-state index in [1.165, 1.54) is 0 Å². The van der Waals surface area contributed by atoms with Crippen LogP contribution in [0, 0.1) is 0 Å². The van der Waals surface area contributed by atoms with Gasteiger partial charge in [-0.15, -0.1) is 0 Å². The van der Waals surface area contributed by atoms with Crippen molar-refractivity contribution in [2.75, 3.05) is 23.7 Å². The van der Waals surface area contributed by atoms with Crippen molar-refractivity contribution in [3.63, 3.8) is 0 Å². The van der Waals surface area contributed by atoms with Gasteiger partial charge in [0, 0.05) is 23.7 Å². The maximum Gasteiger partial charge on any atom is 0.326 e. The van der Waals surface area contributed by atoms with Gasteiger partial charge in [-0.1, -0.05) is 13.8 Å². The molecule has 3 fully saturated rings. The van der Waals surface area contributed by atoms with Crippen LogP contribution in [0.3, 0.4) is 0 Å².